The molecule has 0 rings (SSSR count). The molecule has 0 amide bonds. The zero-order valence-corrected chi connectivity index (χ0v) is 9.99. The third-order valence-corrected chi connectivity index (χ3v) is 2.09. The van der Waals surface area contributed by atoms with Crippen molar-refractivity contribution in [2.45, 2.75) is 13.0 Å². The highest BCUT2D eigenvalue weighted by atomic mass is 16.5. The molecule has 15 heavy (non-hydrogen) atoms. The van der Waals surface area contributed by atoms with Crippen LogP contribution in [0, 0.1) is 0 Å². The highest BCUT2D eigenvalue weighted by Gasteiger charge is 2.16. The Bertz CT molecular complexity index is 187. The molecule has 0 aromatic rings. The predicted octanol–water partition coefficient (Wildman–Crippen LogP) is -0.581. The van der Waals surface area contributed by atoms with Gasteiger partial charge < -0.3 is 14.4 Å². The number of hydrogen-bond acceptors (Lipinski definition) is 4. The molecule has 0 spiro atoms. The number of aliphatic imine (C=N–C) groups is 1. The predicted molar refractivity (Wildman–Crippen MR) is 60.6 cm³/mol. The van der Waals surface area contributed by atoms with Crippen LogP contribution >= 0.6 is 0 Å². The average molecular weight is 218 g/mol. The average Bonchev–Trinajstić information content (AvgIpc) is 2.24. The summed E-state index contributed by atoms with van der Waals surface area (Å²) >= 11 is 0. The molecule has 0 heterocycles. The number of hydrazine groups is 1. The van der Waals surface area contributed by atoms with Gasteiger partial charge in [0.2, 0.25) is 5.96 Å². The van der Waals surface area contributed by atoms with Crippen molar-refractivity contribution in [1.29, 1.82) is 0 Å². The van der Waals surface area contributed by atoms with Crippen molar-refractivity contribution in [2.75, 3.05) is 41.0 Å². The molecule has 0 radical (unpaired) electrons. The Morgan fingerprint density at radius 1 is 1.47 bits per heavy atom. The molecule has 6 nitrogen and oxygen atoms in total. The van der Waals surface area contributed by atoms with Crippen LogP contribution in [0.3, 0.4) is 0 Å². The van der Waals surface area contributed by atoms with Crippen LogP contribution in [0.1, 0.15) is 6.92 Å². The van der Waals surface area contributed by atoms with Gasteiger partial charge in [0.1, 0.15) is 0 Å². The van der Waals surface area contributed by atoms with Crippen molar-refractivity contribution < 1.29 is 9.47 Å². The van der Waals surface area contributed by atoms with Crippen LogP contribution in [-0.4, -0.2) is 57.9 Å². The number of nitrogens with zero attached hydrogens (tertiary/aromatic N) is 2. The molecule has 0 aromatic carbocycles. The standard InChI is InChI=1S/C9H22N4O2/c1-8(7-15-4)13(5-6-14-3)9(11-2)12-10/h8H,5-7,10H2,1-4H3,(H,11,12). The number of nitrogens with two attached hydrogens (primary N) is 1. The molecular weight excluding hydrogens is 196 g/mol. The molecule has 0 aliphatic heterocycles. The van der Waals surface area contributed by atoms with E-state index in [1.807, 2.05) is 11.8 Å². The van der Waals surface area contributed by atoms with Gasteiger partial charge in [-0.3, -0.25) is 10.4 Å². The number of methoxy groups -OCH3 is 2. The molecule has 6 heteroatoms. The minimum Gasteiger partial charge on any atom is -0.383 e. The second kappa shape index (κ2) is 8.46. The summed E-state index contributed by atoms with van der Waals surface area (Å²) in [6.07, 6.45) is 0. The molecule has 1 unspecified atom stereocenters. The van der Waals surface area contributed by atoms with Crippen molar-refractivity contribution in [3.05, 3.63) is 0 Å². The fourth-order valence-electron chi connectivity index (χ4n) is 1.33. The van der Waals surface area contributed by atoms with Crippen molar-refractivity contribution in [1.82, 2.24) is 10.3 Å². The molecule has 0 aliphatic carbocycles. The summed E-state index contributed by atoms with van der Waals surface area (Å²) in [5, 5.41) is 0. The number of guanidine groups is 1. The Balaban J connectivity index is 4.40. The van der Waals surface area contributed by atoms with Crippen molar-refractivity contribution >= 4 is 5.96 Å². The van der Waals surface area contributed by atoms with E-state index in [0.717, 1.165) is 6.54 Å². The molecule has 0 aliphatic rings. The second-order valence-electron chi connectivity index (χ2n) is 3.18. The van der Waals surface area contributed by atoms with Crippen molar-refractivity contribution in [3.63, 3.8) is 0 Å². The van der Waals surface area contributed by atoms with E-state index in [0.29, 0.717) is 19.2 Å². The molecule has 3 N–H and O–H groups in total. The van der Waals surface area contributed by atoms with Gasteiger partial charge in [0.05, 0.1) is 19.3 Å². The largest absolute Gasteiger partial charge is 0.383 e. The summed E-state index contributed by atoms with van der Waals surface area (Å²) in [5.41, 5.74) is 2.56. The first-order chi connectivity index (χ1) is 7.21. The van der Waals surface area contributed by atoms with E-state index in [1.165, 1.54) is 0 Å². The minimum atomic E-state index is 0.194. The van der Waals surface area contributed by atoms with Crippen molar-refractivity contribution in [2.24, 2.45) is 10.8 Å². The number of ether oxygens (including phenoxy) is 2. The van der Waals surface area contributed by atoms with Gasteiger partial charge in [0.25, 0.3) is 0 Å². The second-order valence-corrected chi connectivity index (χ2v) is 3.18. The summed E-state index contributed by atoms with van der Waals surface area (Å²) in [7, 11) is 5.02. The lowest BCUT2D eigenvalue weighted by atomic mass is 10.3. The van der Waals surface area contributed by atoms with Crippen LogP contribution in [0.4, 0.5) is 0 Å². The summed E-state index contributed by atoms with van der Waals surface area (Å²) in [4.78, 5) is 6.07. The zero-order chi connectivity index (χ0) is 11.7. The number of nitrogens with one attached hydrogen (secondary N) is 1. The Labute approximate surface area is 91.4 Å². The first-order valence-electron chi connectivity index (χ1n) is 4.89. The maximum atomic E-state index is 5.39. The zero-order valence-electron chi connectivity index (χ0n) is 9.99. The lowest BCUT2D eigenvalue weighted by Crippen LogP contribution is -2.51. The van der Waals surface area contributed by atoms with Crippen LogP contribution in [-0.2, 0) is 9.47 Å². The van der Waals surface area contributed by atoms with Crippen LogP contribution in [0.15, 0.2) is 4.99 Å². The van der Waals surface area contributed by atoms with E-state index in [2.05, 4.69) is 10.4 Å². The topological polar surface area (TPSA) is 72.1 Å². The first-order valence-corrected chi connectivity index (χ1v) is 4.89. The van der Waals surface area contributed by atoms with Gasteiger partial charge in [-0.05, 0) is 6.92 Å². The van der Waals surface area contributed by atoms with E-state index in [1.54, 1.807) is 21.3 Å². The Morgan fingerprint density at radius 3 is 2.53 bits per heavy atom. The van der Waals surface area contributed by atoms with Gasteiger partial charge >= 0.3 is 0 Å². The lowest BCUT2D eigenvalue weighted by Gasteiger charge is -2.30. The minimum absolute atomic E-state index is 0.194. The molecular formula is C9H22N4O2. The summed E-state index contributed by atoms with van der Waals surface area (Å²) in [6.45, 7) is 4.00. The number of hydrogen-bond donors (Lipinski definition) is 2. The van der Waals surface area contributed by atoms with E-state index < -0.39 is 0 Å². The fraction of sp³-hybridized carbons (Fsp3) is 0.889. The Kier molecular flexibility index (Phi) is 7.98. The molecule has 90 valence electrons. The maximum Gasteiger partial charge on any atom is 0.208 e. The molecule has 1 atom stereocenters. The fourth-order valence-corrected chi connectivity index (χ4v) is 1.33. The van der Waals surface area contributed by atoms with Gasteiger partial charge in [-0.1, -0.05) is 0 Å². The SMILES string of the molecule is CN=C(NN)N(CCOC)C(C)COC. The number of rotatable bonds is 6. The van der Waals surface area contributed by atoms with Gasteiger partial charge in [0.15, 0.2) is 0 Å². The van der Waals surface area contributed by atoms with E-state index >= 15 is 0 Å². The highest BCUT2D eigenvalue weighted by Crippen LogP contribution is 2.00. The van der Waals surface area contributed by atoms with Gasteiger partial charge in [-0.15, -0.1) is 0 Å². The van der Waals surface area contributed by atoms with E-state index in [9.17, 15) is 0 Å². The quantitative estimate of drug-likeness (QED) is 0.270. The van der Waals surface area contributed by atoms with Crippen molar-refractivity contribution in [3.8, 4) is 0 Å². The lowest BCUT2D eigenvalue weighted by molar-refractivity contribution is 0.111. The van der Waals surface area contributed by atoms with E-state index in [-0.39, 0.29) is 6.04 Å². The normalized spacial score (nSPS) is 13.8. The maximum absolute atomic E-state index is 5.39. The van der Waals surface area contributed by atoms with Crippen LogP contribution in [0.25, 0.3) is 0 Å². The van der Waals surface area contributed by atoms with E-state index in [4.69, 9.17) is 15.3 Å². The van der Waals surface area contributed by atoms with Crippen LogP contribution in [0.2, 0.25) is 0 Å². The first kappa shape index (κ1) is 14.2. The molecule has 0 fully saturated rings. The molecule has 0 aromatic heterocycles. The molecule has 0 bridgehead atoms. The third-order valence-electron chi connectivity index (χ3n) is 2.09. The van der Waals surface area contributed by atoms with Gasteiger partial charge in [-0.25, -0.2) is 5.84 Å². The summed E-state index contributed by atoms with van der Waals surface area (Å²) in [5.74, 6) is 6.02. The third kappa shape index (κ3) is 4.96. The smallest absolute Gasteiger partial charge is 0.208 e. The molecule has 0 saturated carbocycles. The van der Waals surface area contributed by atoms with Crippen LogP contribution in [0.5, 0.6) is 0 Å². The summed E-state index contributed by atoms with van der Waals surface area (Å²) in [6, 6.07) is 0.194. The van der Waals surface area contributed by atoms with Crippen LogP contribution < -0.4 is 11.3 Å². The Hall–Kier alpha value is -0.850. The monoisotopic (exact) mass is 218 g/mol. The van der Waals surface area contributed by atoms with Gasteiger partial charge in [-0.2, -0.15) is 0 Å². The highest BCUT2D eigenvalue weighted by molar-refractivity contribution is 5.79. The summed E-state index contributed by atoms with van der Waals surface area (Å²) < 4.78 is 10.1. The Morgan fingerprint density at radius 2 is 2.13 bits per heavy atom. The molecule has 0 saturated heterocycles. The van der Waals surface area contributed by atoms with Gasteiger partial charge in [0, 0.05) is 27.8 Å².